The third-order valence-electron chi connectivity index (χ3n) is 3.25. The Bertz CT molecular complexity index is 688. The molecule has 2 aromatic rings. The molecule has 110 valence electrons. The number of hydrogen-bond acceptors (Lipinski definition) is 3. The monoisotopic (exact) mass is 297 g/mol. The van der Waals surface area contributed by atoms with Gasteiger partial charge in [-0.15, -0.1) is 0 Å². The Hall–Kier alpha value is -2.38. The fourth-order valence-corrected chi connectivity index (χ4v) is 2.02. The summed E-state index contributed by atoms with van der Waals surface area (Å²) >= 11 is 0. The van der Waals surface area contributed by atoms with Crippen molar-refractivity contribution in [3.8, 4) is 5.82 Å². The first-order valence-corrected chi connectivity index (χ1v) is 6.23. The van der Waals surface area contributed by atoms with Gasteiger partial charge in [-0.1, -0.05) is 0 Å². The SMILES string of the molecule is O=C(O)c1cn(-c2ccc(C(F)(F)F)cn2)nc1C1CC1. The fraction of sp³-hybridized carbons (Fsp3) is 0.308. The quantitative estimate of drug-likeness (QED) is 0.946. The Morgan fingerprint density at radius 3 is 2.52 bits per heavy atom. The van der Waals surface area contributed by atoms with Gasteiger partial charge in [-0.2, -0.15) is 18.3 Å². The predicted molar refractivity (Wildman–Crippen MR) is 65.3 cm³/mol. The molecule has 0 amide bonds. The maximum atomic E-state index is 12.5. The lowest BCUT2D eigenvalue weighted by Crippen LogP contribution is -2.07. The Balaban J connectivity index is 1.97. The van der Waals surface area contributed by atoms with Crippen molar-refractivity contribution in [2.24, 2.45) is 0 Å². The van der Waals surface area contributed by atoms with Gasteiger partial charge in [0.05, 0.1) is 11.3 Å². The standard InChI is InChI=1S/C13H10F3N3O2/c14-13(15,16)8-3-4-10(17-5-8)19-6-9(12(20)21)11(18-19)7-1-2-7/h3-7H,1-2H2,(H,20,21). The molecule has 2 heterocycles. The minimum absolute atomic E-state index is 0.0687. The number of carboxylic acids is 1. The molecule has 0 aromatic carbocycles. The summed E-state index contributed by atoms with van der Waals surface area (Å²) in [5, 5.41) is 13.3. The molecule has 0 unspecified atom stereocenters. The highest BCUT2D eigenvalue weighted by atomic mass is 19.4. The molecule has 3 rings (SSSR count). The predicted octanol–water partition coefficient (Wildman–Crippen LogP) is 2.86. The summed E-state index contributed by atoms with van der Waals surface area (Å²) in [7, 11) is 0. The molecule has 0 aliphatic heterocycles. The van der Waals surface area contributed by atoms with E-state index in [2.05, 4.69) is 10.1 Å². The Morgan fingerprint density at radius 1 is 1.33 bits per heavy atom. The van der Waals surface area contributed by atoms with Crippen molar-refractivity contribution in [1.29, 1.82) is 0 Å². The van der Waals surface area contributed by atoms with E-state index < -0.39 is 17.7 Å². The topological polar surface area (TPSA) is 68.0 Å². The van der Waals surface area contributed by atoms with Gasteiger partial charge in [0.2, 0.25) is 0 Å². The van der Waals surface area contributed by atoms with Crippen LogP contribution in [0.5, 0.6) is 0 Å². The first kappa shape index (κ1) is 13.6. The summed E-state index contributed by atoms with van der Waals surface area (Å²) < 4.78 is 38.6. The van der Waals surface area contributed by atoms with E-state index >= 15 is 0 Å². The molecule has 1 N–H and O–H groups in total. The van der Waals surface area contributed by atoms with Crippen LogP contribution in [0.3, 0.4) is 0 Å². The summed E-state index contributed by atoms with van der Waals surface area (Å²) in [6.45, 7) is 0. The highest BCUT2D eigenvalue weighted by Gasteiger charge is 2.33. The number of alkyl halides is 3. The van der Waals surface area contributed by atoms with Gasteiger partial charge >= 0.3 is 12.1 Å². The maximum Gasteiger partial charge on any atom is 0.417 e. The van der Waals surface area contributed by atoms with Crippen molar-refractivity contribution in [2.75, 3.05) is 0 Å². The van der Waals surface area contributed by atoms with Crippen molar-refractivity contribution < 1.29 is 23.1 Å². The molecule has 0 bridgehead atoms. The van der Waals surface area contributed by atoms with Gasteiger partial charge in [0.25, 0.3) is 0 Å². The molecule has 1 saturated carbocycles. The fourth-order valence-electron chi connectivity index (χ4n) is 2.02. The van der Waals surface area contributed by atoms with Crippen LogP contribution in [0.2, 0.25) is 0 Å². The molecule has 0 saturated heterocycles. The van der Waals surface area contributed by atoms with E-state index in [4.69, 9.17) is 5.11 Å². The van der Waals surface area contributed by atoms with Crippen LogP contribution in [-0.4, -0.2) is 25.8 Å². The van der Waals surface area contributed by atoms with Gasteiger partial charge in [-0.05, 0) is 25.0 Å². The number of nitrogens with zero attached hydrogens (tertiary/aromatic N) is 3. The number of carboxylic acid groups (broad SMARTS) is 1. The molecule has 1 aliphatic rings. The second kappa shape index (κ2) is 4.57. The van der Waals surface area contributed by atoms with Crippen LogP contribution in [0.15, 0.2) is 24.5 Å². The van der Waals surface area contributed by atoms with Crippen molar-refractivity contribution in [2.45, 2.75) is 24.9 Å². The van der Waals surface area contributed by atoms with Crippen LogP contribution in [0.25, 0.3) is 5.82 Å². The first-order chi connectivity index (χ1) is 9.86. The number of halogens is 3. The number of aromatic nitrogens is 3. The zero-order chi connectivity index (χ0) is 15.2. The summed E-state index contributed by atoms with van der Waals surface area (Å²) in [4.78, 5) is 14.9. The highest BCUT2D eigenvalue weighted by Crippen LogP contribution is 2.41. The third-order valence-corrected chi connectivity index (χ3v) is 3.25. The molecule has 1 fully saturated rings. The van der Waals surface area contributed by atoms with Crippen molar-refractivity contribution >= 4 is 5.97 Å². The molecule has 0 radical (unpaired) electrons. The number of aromatic carboxylic acids is 1. The Kier molecular flexibility index (Phi) is 2.96. The second-order valence-electron chi connectivity index (χ2n) is 4.85. The van der Waals surface area contributed by atoms with Crippen LogP contribution in [0.4, 0.5) is 13.2 Å². The zero-order valence-electron chi connectivity index (χ0n) is 10.6. The van der Waals surface area contributed by atoms with Gasteiger partial charge in [0.1, 0.15) is 5.56 Å². The van der Waals surface area contributed by atoms with Crippen LogP contribution < -0.4 is 0 Å². The van der Waals surface area contributed by atoms with E-state index in [1.807, 2.05) is 0 Å². The number of hydrogen-bond donors (Lipinski definition) is 1. The van der Waals surface area contributed by atoms with Gasteiger partial charge in [0, 0.05) is 18.3 Å². The van der Waals surface area contributed by atoms with Crippen LogP contribution in [0, 0.1) is 0 Å². The van der Waals surface area contributed by atoms with Gasteiger partial charge in [0.15, 0.2) is 5.82 Å². The van der Waals surface area contributed by atoms with E-state index in [1.165, 1.54) is 10.9 Å². The lowest BCUT2D eigenvalue weighted by molar-refractivity contribution is -0.137. The summed E-state index contributed by atoms with van der Waals surface area (Å²) in [6.07, 6.45) is -0.726. The molecule has 2 aromatic heterocycles. The van der Waals surface area contributed by atoms with E-state index in [-0.39, 0.29) is 17.3 Å². The summed E-state index contributed by atoms with van der Waals surface area (Å²) in [6, 6.07) is 2.05. The van der Waals surface area contributed by atoms with Crippen molar-refractivity contribution in [1.82, 2.24) is 14.8 Å². The summed E-state index contributed by atoms with van der Waals surface area (Å²) in [5.74, 6) is -0.834. The molecular formula is C13H10F3N3O2. The Morgan fingerprint density at radius 2 is 2.05 bits per heavy atom. The number of carbonyl (C=O) groups is 1. The van der Waals surface area contributed by atoms with Crippen LogP contribution in [0.1, 0.15) is 40.4 Å². The minimum Gasteiger partial charge on any atom is -0.478 e. The van der Waals surface area contributed by atoms with E-state index in [9.17, 15) is 18.0 Å². The molecular weight excluding hydrogens is 287 g/mol. The Labute approximate surface area is 117 Å². The smallest absolute Gasteiger partial charge is 0.417 e. The molecule has 0 spiro atoms. The average molecular weight is 297 g/mol. The first-order valence-electron chi connectivity index (χ1n) is 6.23. The third kappa shape index (κ3) is 2.61. The van der Waals surface area contributed by atoms with Crippen molar-refractivity contribution in [3.05, 3.63) is 41.3 Å². The van der Waals surface area contributed by atoms with Gasteiger partial charge in [-0.25, -0.2) is 14.5 Å². The summed E-state index contributed by atoms with van der Waals surface area (Å²) in [5.41, 5.74) is -0.331. The largest absolute Gasteiger partial charge is 0.478 e. The van der Waals surface area contributed by atoms with Crippen LogP contribution >= 0.6 is 0 Å². The lowest BCUT2D eigenvalue weighted by Gasteiger charge is -2.06. The normalized spacial score (nSPS) is 15.2. The van der Waals surface area contributed by atoms with Gasteiger partial charge in [-0.3, -0.25) is 0 Å². The molecule has 8 heteroatoms. The van der Waals surface area contributed by atoms with Gasteiger partial charge < -0.3 is 5.11 Å². The highest BCUT2D eigenvalue weighted by molar-refractivity contribution is 5.89. The average Bonchev–Trinajstić information content (AvgIpc) is 3.16. The molecule has 1 aliphatic carbocycles. The number of rotatable bonds is 3. The molecule has 5 nitrogen and oxygen atoms in total. The van der Waals surface area contributed by atoms with E-state index in [0.717, 1.165) is 25.0 Å². The minimum atomic E-state index is -4.46. The zero-order valence-corrected chi connectivity index (χ0v) is 10.6. The van der Waals surface area contributed by atoms with Crippen LogP contribution in [-0.2, 0) is 6.18 Å². The van der Waals surface area contributed by atoms with E-state index in [1.54, 1.807) is 0 Å². The molecule has 0 atom stereocenters. The maximum absolute atomic E-state index is 12.5. The number of pyridine rings is 1. The second-order valence-corrected chi connectivity index (χ2v) is 4.85. The lowest BCUT2D eigenvalue weighted by atomic mass is 10.2. The van der Waals surface area contributed by atoms with Crippen molar-refractivity contribution in [3.63, 3.8) is 0 Å². The van der Waals surface area contributed by atoms with E-state index in [0.29, 0.717) is 11.9 Å². The molecule has 21 heavy (non-hydrogen) atoms.